The molecule has 0 N–H and O–H groups in total. The van der Waals surface area contributed by atoms with Crippen molar-refractivity contribution in [2.75, 3.05) is 13.2 Å². The fourth-order valence-corrected chi connectivity index (χ4v) is 2.88. The van der Waals surface area contributed by atoms with Gasteiger partial charge in [0.15, 0.2) is 0 Å². The maximum Gasteiger partial charge on any atom is 0.496 e. The van der Waals surface area contributed by atoms with Gasteiger partial charge in [-0.25, -0.2) is 4.98 Å². The Morgan fingerprint density at radius 1 is 1.28 bits per heavy atom. The highest BCUT2D eigenvalue weighted by molar-refractivity contribution is 6.62. The summed E-state index contributed by atoms with van der Waals surface area (Å²) in [5, 5.41) is 9.45. The predicted molar refractivity (Wildman–Crippen MR) is 93.8 cm³/mol. The van der Waals surface area contributed by atoms with Crippen molar-refractivity contribution in [3.8, 4) is 11.9 Å². The van der Waals surface area contributed by atoms with Crippen molar-refractivity contribution < 1.29 is 18.8 Å². The minimum Gasteiger partial charge on any atom is -0.474 e. The topological polar surface area (TPSA) is 73.6 Å². The third-order valence-corrected chi connectivity index (χ3v) is 5.20. The zero-order valence-corrected chi connectivity index (χ0v) is 15.4. The number of aromatic nitrogens is 1. The van der Waals surface area contributed by atoms with Crippen LogP contribution >= 0.6 is 0 Å². The first kappa shape index (κ1) is 18.2. The van der Waals surface area contributed by atoms with Gasteiger partial charge in [0.1, 0.15) is 18.2 Å². The number of nitrogens with zero attached hydrogens (tertiary/aromatic N) is 2. The van der Waals surface area contributed by atoms with Crippen molar-refractivity contribution in [2.45, 2.75) is 64.3 Å². The Morgan fingerprint density at radius 3 is 2.60 bits per heavy atom. The summed E-state index contributed by atoms with van der Waals surface area (Å²) in [6.45, 7) is 9.16. The van der Waals surface area contributed by atoms with Gasteiger partial charge in [0, 0.05) is 18.3 Å². The SMILES string of the molecule is CC1(C)OB(c2cnc(OCC3CCCCO3)c(C#N)c2)OC1(C)C. The fourth-order valence-electron chi connectivity index (χ4n) is 2.88. The Morgan fingerprint density at radius 2 is 2.00 bits per heavy atom. The largest absolute Gasteiger partial charge is 0.496 e. The minimum absolute atomic E-state index is 0.0740. The van der Waals surface area contributed by atoms with Gasteiger partial charge in [0.05, 0.1) is 17.3 Å². The van der Waals surface area contributed by atoms with Gasteiger partial charge in [0.25, 0.3) is 0 Å². The Kier molecular flexibility index (Phi) is 5.05. The summed E-state index contributed by atoms with van der Waals surface area (Å²) in [5.41, 5.74) is 0.232. The number of nitriles is 1. The van der Waals surface area contributed by atoms with Crippen LogP contribution in [0.15, 0.2) is 12.3 Å². The first-order chi connectivity index (χ1) is 11.8. The molecule has 3 rings (SSSR count). The summed E-state index contributed by atoms with van der Waals surface area (Å²) >= 11 is 0. The number of pyridine rings is 1. The van der Waals surface area contributed by atoms with Crippen molar-refractivity contribution in [2.24, 2.45) is 0 Å². The van der Waals surface area contributed by atoms with Crippen LogP contribution in [0.2, 0.25) is 0 Å². The Labute approximate surface area is 149 Å². The van der Waals surface area contributed by atoms with E-state index in [-0.39, 0.29) is 6.10 Å². The quantitative estimate of drug-likeness (QED) is 0.780. The molecule has 1 aromatic heterocycles. The second kappa shape index (κ2) is 6.95. The third kappa shape index (κ3) is 3.81. The molecule has 2 aliphatic rings. The number of rotatable bonds is 4. The van der Waals surface area contributed by atoms with E-state index in [4.69, 9.17) is 18.8 Å². The van der Waals surface area contributed by atoms with Crippen molar-refractivity contribution in [1.29, 1.82) is 5.26 Å². The summed E-state index contributed by atoms with van der Waals surface area (Å²) in [6, 6.07) is 3.88. The summed E-state index contributed by atoms with van der Waals surface area (Å²) < 4.78 is 23.4. The van der Waals surface area contributed by atoms with Crippen LogP contribution in [-0.4, -0.2) is 42.6 Å². The number of hydrogen-bond acceptors (Lipinski definition) is 6. The summed E-state index contributed by atoms with van der Waals surface area (Å²) in [5.74, 6) is 0.331. The smallest absolute Gasteiger partial charge is 0.474 e. The highest BCUT2D eigenvalue weighted by Crippen LogP contribution is 2.36. The van der Waals surface area contributed by atoms with Gasteiger partial charge in [-0.15, -0.1) is 0 Å². The van der Waals surface area contributed by atoms with Crippen LogP contribution in [0.5, 0.6) is 5.88 Å². The molecule has 0 spiro atoms. The lowest BCUT2D eigenvalue weighted by Crippen LogP contribution is -2.41. The molecule has 2 saturated heterocycles. The predicted octanol–water partition coefficient (Wildman–Crippen LogP) is 2.20. The lowest BCUT2D eigenvalue weighted by atomic mass is 9.80. The summed E-state index contributed by atoms with van der Waals surface area (Å²) in [4.78, 5) is 4.31. The summed E-state index contributed by atoms with van der Waals surface area (Å²) in [6.07, 6.45) is 4.95. The van der Waals surface area contributed by atoms with E-state index >= 15 is 0 Å². The van der Waals surface area contributed by atoms with Gasteiger partial charge in [-0.05, 0) is 53.0 Å². The summed E-state index contributed by atoms with van der Waals surface area (Å²) in [7, 11) is -0.541. The van der Waals surface area contributed by atoms with Crippen LogP contribution in [0.1, 0.15) is 52.5 Å². The molecule has 0 amide bonds. The molecule has 0 aliphatic carbocycles. The maximum absolute atomic E-state index is 9.45. The molecule has 2 fully saturated rings. The molecule has 2 aliphatic heterocycles. The molecular weight excluding hydrogens is 319 g/mol. The van der Waals surface area contributed by atoms with Crippen LogP contribution in [0.25, 0.3) is 0 Å². The van der Waals surface area contributed by atoms with Gasteiger partial charge < -0.3 is 18.8 Å². The standard InChI is InChI=1S/C18H25BN2O4/c1-17(2)18(3,4)25-19(24-17)14-9-13(10-20)16(21-11-14)23-12-15-7-5-6-8-22-15/h9,11,15H,5-8,12H2,1-4H3. The van der Waals surface area contributed by atoms with Crippen LogP contribution in [-0.2, 0) is 14.0 Å². The van der Waals surface area contributed by atoms with Gasteiger partial charge in [-0.3, -0.25) is 0 Å². The fraction of sp³-hybridized carbons (Fsp3) is 0.667. The Balaban J connectivity index is 1.71. The molecule has 134 valence electrons. The number of ether oxygens (including phenoxy) is 2. The monoisotopic (exact) mass is 344 g/mol. The van der Waals surface area contributed by atoms with Crippen LogP contribution in [0, 0.1) is 11.3 Å². The van der Waals surface area contributed by atoms with E-state index in [9.17, 15) is 5.26 Å². The molecule has 0 bridgehead atoms. The normalized spacial score (nSPS) is 24.8. The molecule has 1 atom stereocenters. The highest BCUT2D eigenvalue weighted by atomic mass is 16.7. The molecule has 6 nitrogen and oxygen atoms in total. The van der Waals surface area contributed by atoms with E-state index in [0.29, 0.717) is 18.1 Å². The first-order valence-corrected chi connectivity index (χ1v) is 8.82. The molecule has 1 aromatic rings. The van der Waals surface area contributed by atoms with E-state index in [1.165, 1.54) is 0 Å². The van der Waals surface area contributed by atoms with Crippen molar-refractivity contribution in [1.82, 2.24) is 4.98 Å². The van der Waals surface area contributed by atoms with Crippen LogP contribution in [0.3, 0.4) is 0 Å². The molecule has 0 aromatic carbocycles. The zero-order chi connectivity index (χ0) is 18.1. The number of hydrogen-bond donors (Lipinski definition) is 0. The lowest BCUT2D eigenvalue weighted by Gasteiger charge is -2.32. The van der Waals surface area contributed by atoms with Gasteiger partial charge in [0.2, 0.25) is 5.88 Å². The van der Waals surface area contributed by atoms with E-state index < -0.39 is 18.3 Å². The van der Waals surface area contributed by atoms with Crippen molar-refractivity contribution in [3.05, 3.63) is 17.8 Å². The molecule has 1 unspecified atom stereocenters. The van der Waals surface area contributed by atoms with Gasteiger partial charge >= 0.3 is 7.12 Å². The van der Waals surface area contributed by atoms with Crippen LogP contribution in [0.4, 0.5) is 0 Å². The average Bonchev–Trinajstić information content (AvgIpc) is 2.81. The van der Waals surface area contributed by atoms with Crippen molar-refractivity contribution in [3.63, 3.8) is 0 Å². The first-order valence-electron chi connectivity index (χ1n) is 8.82. The Bertz CT molecular complexity index is 650. The van der Waals surface area contributed by atoms with E-state index in [1.54, 1.807) is 12.3 Å². The van der Waals surface area contributed by atoms with E-state index in [1.807, 2.05) is 27.7 Å². The highest BCUT2D eigenvalue weighted by Gasteiger charge is 2.51. The van der Waals surface area contributed by atoms with Gasteiger partial charge in [-0.2, -0.15) is 5.26 Å². The lowest BCUT2D eigenvalue weighted by molar-refractivity contribution is -0.0119. The second-order valence-electron chi connectivity index (χ2n) is 7.62. The Hall–Kier alpha value is -1.62. The maximum atomic E-state index is 9.45. The van der Waals surface area contributed by atoms with Gasteiger partial charge in [-0.1, -0.05) is 0 Å². The molecule has 25 heavy (non-hydrogen) atoms. The molecule has 7 heteroatoms. The molecule has 3 heterocycles. The van der Waals surface area contributed by atoms with Crippen LogP contribution < -0.4 is 10.2 Å². The third-order valence-electron chi connectivity index (χ3n) is 5.20. The average molecular weight is 344 g/mol. The zero-order valence-electron chi connectivity index (χ0n) is 15.4. The van der Waals surface area contributed by atoms with E-state index in [2.05, 4.69) is 11.1 Å². The molecule has 0 radical (unpaired) electrons. The molecule has 0 saturated carbocycles. The second-order valence-corrected chi connectivity index (χ2v) is 7.62. The van der Waals surface area contributed by atoms with Crippen molar-refractivity contribution >= 4 is 12.6 Å². The minimum atomic E-state index is -0.541. The molecular formula is C18H25BN2O4. The van der Waals surface area contributed by atoms with E-state index in [0.717, 1.165) is 31.3 Å².